The summed E-state index contributed by atoms with van der Waals surface area (Å²) in [4.78, 5) is 15.6. The highest BCUT2D eigenvalue weighted by Gasteiger charge is 2.12. The standard InChI is InChI=1S/C19H12ClN3O3S/c20-14-7-5-11(18(24)25)9-13(14)16-8-6-12(26-16)10-21-23-19-22-15-3-1-2-4-17(15)27-19/h1-10H,(H,22,23)(H,24,25)/b21-10-. The van der Waals surface area contributed by atoms with E-state index >= 15 is 0 Å². The van der Waals surface area contributed by atoms with Crippen LogP contribution in [-0.4, -0.2) is 22.3 Å². The number of hydrazone groups is 1. The molecule has 0 spiro atoms. The fourth-order valence-electron chi connectivity index (χ4n) is 2.49. The molecule has 27 heavy (non-hydrogen) atoms. The molecule has 0 saturated carbocycles. The number of carboxylic acids is 1. The number of halogens is 1. The Labute approximate surface area is 162 Å². The number of fused-ring (bicyclic) bond motifs is 1. The molecule has 0 saturated heterocycles. The molecule has 134 valence electrons. The smallest absolute Gasteiger partial charge is 0.335 e. The van der Waals surface area contributed by atoms with Crippen LogP contribution in [-0.2, 0) is 0 Å². The van der Waals surface area contributed by atoms with Crippen LogP contribution in [0.1, 0.15) is 16.1 Å². The van der Waals surface area contributed by atoms with E-state index in [1.54, 1.807) is 12.1 Å². The van der Waals surface area contributed by atoms with Crippen LogP contribution in [0.25, 0.3) is 21.5 Å². The molecule has 4 rings (SSSR count). The maximum Gasteiger partial charge on any atom is 0.335 e. The Morgan fingerprint density at radius 1 is 1.22 bits per heavy atom. The van der Waals surface area contributed by atoms with Crippen molar-refractivity contribution in [3.8, 4) is 11.3 Å². The molecule has 8 heteroatoms. The summed E-state index contributed by atoms with van der Waals surface area (Å²) in [6, 6.07) is 15.7. The van der Waals surface area contributed by atoms with E-state index in [1.165, 1.54) is 35.8 Å². The highest BCUT2D eigenvalue weighted by Crippen LogP contribution is 2.30. The second-order valence-electron chi connectivity index (χ2n) is 5.56. The molecule has 0 unspecified atom stereocenters. The summed E-state index contributed by atoms with van der Waals surface area (Å²) in [7, 11) is 0. The molecular weight excluding hydrogens is 386 g/mol. The lowest BCUT2D eigenvalue weighted by atomic mass is 10.1. The Morgan fingerprint density at radius 2 is 2.07 bits per heavy atom. The third-order valence-corrected chi connectivity index (χ3v) is 5.02. The van der Waals surface area contributed by atoms with Crippen molar-refractivity contribution in [3.63, 3.8) is 0 Å². The number of anilines is 1. The lowest BCUT2D eigenvalue weighted by Gasteiger charge is -2.02. The maximum atomic E-state index is 11.1. The van der Waals surface area contributed by atoms with Crippen LogP contribution in [0.3, 0.4) is 0 Å². The zero-order chi connectivity index (χ0) is 18.8. The Hall–Kier alpha value is -3.16. The van der Waals surface area contributed by atoms with Crippen molar-refractivity contribution in [2.24, 2.45) is 5.10 Å². The van der Waals surface area contributed by atoms with Gasteiger partial charge in [0, 0.05) is 5.56 Å². The normalized spacial score (nSPS) is 11.3. The minimum absolute atomic E-state index is 0.138. The lowest BCUT2D eigenvalue weighted by molar-refractivity contribution is 0.0697. The third kappa shape index (κ3) is 3.69. The molecule has 2 N–H and O–H groups in total. The van der Waals surface area contributed by atoms with Crippen molar-refractivity contribution in [2.75, 3.05) is 5.43 Å². The summed E-state index contributed by atoms with van der Waals surface area (Å²) in [5.74, 6) is -0.0683. The summed E-state index contributed by atoms with van der Waals surface area (Å²) >= 11 is 7.66. The highest BCUT2D eigenvalue weighted by molar-refractivity contribution is 7.22. The Morgan fingerprint density at radius 3 is 2.89 bits per heavy atom. The van der Waals surface area contributed by atoms with Gasteiger partial charge in [-0.05, 0) is 42.5 Å². The number of nitrogens with zero attached hydrogens (tertiary/aromatic N) is 2. The zero-order valence-corrected chi connectivity index (χ0v) is 15.3. The number of para-hydroxylation sites is 1. The lowest BCUT2D eigenvalue weighted by Crippen LogP contribution is -1.96. The van der Waals surface area contributed by atoms with Gasteiger partial charge in [0.1, 0.15) is 11.5 Å². The number of aromatic nitrogens is 1. The van der Waals surface area contributed by atoms with E-state index in [2.05, 4.69) is 15.5 Å². The minimum atomic E-state index is -1.03. The van der Waals surface area contributed by atoms with E-state index in [-0.39, 0.29) is 5.56 Å². The second kappa shape index (κ2) is 7.22. The van der Waals surface area contributed by atoms with Gasteiger partial charge in [0.2, 0.25) is 5.13 Å². The zero-order valence-electron chi connectivity index (χ0n) is 13.7. The number of nitrogens with one attached hydrogen (secondary N) is 1. The van der Waals surface area contributed by atoms with Gasteiger partial charge in [-0.15, -0.1) is 0 Å². The molecule has 0 aliphatic carbocycles. The Kier molecular flexibility index (Phi) is 4.62. The fraction of sp³-hybridized carbons (Fsp3) is 0. The number of carbonyl (C=O) groups is 1. The molecule has 0 atom stereocenters. The van der Waals surface area contributed by atoms with Crippen molar-refractivity contribution in [1.82, 2.24) is 4.98 Å². The van der Waals surface area contributed by atoms with Crippen LogP contribution in [0.4, 0.5) is 5.13 Å². The van der Waals surface area contributed by atoms with Crippen LogP contribution in [0, 0.1) is 0 Å². The van der Waals surface area contributed by atoms with Gasteiger partial charge in [-0.3, -0.25) is 5.43 Å². The summed E-state index contributed by atoms with van der Waals surface area (Å²) in [5, 5.41) is 14.3. The van der Waals surface area contributed by atoms with E-state index in [4.69, 9.17) is 21.1 Å². The molecule has 0 amide bonds. The number of hydrogen-bond acceptors (Lipinski definition) is 6. The Bertz CT molecular complexity index is 1130. The molecule has 0 radical (unpaired) electrons. The number of benzene rings is 2. The predicted molar refractivity (Wildman–Crippen MR) is 107 cm³/mol. The third-order valence-electron chi connectivity index (χ3n) is 3.75. The van der Waals surface area contributed by atoms with Gasteiger partial charge in [-0.25, -0.2) is 9.78 Å². The quantitative estimate of drug-likeness (QED) is 0.350. The molecule has 6 nitrogen and oxygen atoms in total. The van der Waals surface area contributed by atoms with Crippen LogP contribution >= 0.6 is 22.9 Å². The van der Waals surface area contributed by atoms with E-state index in [1.807, 2.05) is 24.3 Å². The number of carboxylic acid groups (broad SMARTS) is 1. The van der Waals surface area contributed by atoms with Gasteiger partial charge in [-0.1, -0.05) is 35.1 Å². The van der Waals surface area contributed by atoms with Crippen molar-refractivity contribution < 1.29 is 14.3 Å². The molecule has 2 aromatic heterocycles. The first-order chi connectivity index (χ1) is 13.1. The number of rotatable bonds is 5. The average Bonchev–Trinajstić information content (AvgIpc) is 3.28. The maximum absolute atomic E-state index is 11.1. The van der Waals surface area contributed by atoms with E-state index < -0.39 is 5.97 Å². The van der Waals surface area contributed by atoms with Gasteiger partial charge >= 0.3 is 5.97 Å². The second-order valence-corrected chi connectivity index (χ2v) is 7.00. The largest absolute Gasteiger partial charge is 0.478 e. The summed E-state index contributed by atoms with van der Waals surface area (Å²) < 4.78 is 6.77. The van der Waals surface area contributed by atoms with Gasteiger partial charge < -0.3 is 9.52 Å². The molecule has 0 bridgehead atoms. The average molecular weight is 398 g/mol. The molecular formula is C19H12ClN3O3S. The van der Waals surface area contributed by atoms with Crippen molar-refractivity contribution in [3.05, 3.63) is 70.9 Å². The number of aromatic carboxylic acids is 1. The summed E-state index contributed by atoms with van der Waals surface area (Å²) in [6.07, 6.45) is 1.52. The van der Waals surface area contributed by atoms with Gasteiger partial charge in [-0.2, -0.15) is 5.10 Å². The topological polar surface area (TPSA) is 87.7 Å². The van der Waals surface area contributed by atoms with Crippen LogP contribution < -0.4 is 5.43 Å². The summed E-state index contributed by atoms with van der Waals surface area (Å²) in [5.41, 5.74) is 4.44. The van der Waals surface area contributed by atoms with Gasteiger partial charge in [0.05, 0.1) is 27.0 Å². The van der Waals surface area contributed by atoms with Crippen molar-refractivity contribution in [2.45, 2.75) is 0 Å². The SMILES string of the molecule is O=C(O)c1ccc(Cl)c(-c2ccc(/C=N\Nc3nc4ccccc4s3)o2)c1. The molecule has 0 aliphatic heterocycles. The van der Waals surface area contributed by atoms with Crippen LogP contribution in [0.5, 0.6) is 0 Å². The fourth-order valence-corrected chi connectivity index (χ4v) is 3.51. The first-order valence-electron chi connectivity index (χ1n) is 7.88. The highest BCUT2D eigenvalue weighted by atomic mass is 35.5. The molecule has 2 aromatic carbocycles. The van der Waals surface area contributed by atoms with Crippen LogP contribution in [0.15, 0.2) is 64.1 Å². The first kappa shape index (κ1) is 17.3. The minimum Gasteiger partial charge on any atom is -0.478 e. The van der Waals surface area contributed by atoms with Crippen LogP contribution in [0.2, 0.25) is 5.02 Å². The number of hydrogen-bond donors (Lipinski definition) is 2. The van der Waals surface area contributed by atoms with Gasteiger partial charge in [0.15, 0.2) is 0 Å². The van der Waals surface area contributed by atoms with E-state index in [9.17, 15) is 4.79 Å². The summed E-state index contributed by atoms with van der Waals surface area (Å²) in [6.45, 7) is 0. The first-order valence-corrected chi connectivity index (χ1v) is 9.07. The van der Waals surface area contributed by atoms with E-state index in [0.29, 0.717) is 27.2 Å². The predicted octanol–water partition coefficient (Wildman–Crippen LogP) is 5.35. The van der Waals surface area contributed by atoms with Gasteiger partial charge in [0.25, 0.3) is 0 Å². The Balaban J connectivity index is 1.52. The monoisotopic (exact) mass is 397 g/mol. The number of thiazole rings is 1. The molecule has 4 aromatic rings. The number of furan rings is 1. The van der Waals surface area contributed by atoms with Crippen molar-refractivity contribution in [1.29, 1.82) is 0 Å². The van der Waals surface area contributed by atoms with E-state index in [0.717, 1.165) is 10.2 Å². The van der Waals surface area contributed by atoms with Crippen molar-refractivity contribution >= 4 is 50.5 Å². The molecule has 0 fully saturated rings. The molecule has 2 heterocycles. The molecule has 0 aliphatic rings.